The Balaban J connectivity index is 1.68. The third kappa shape index (κ3) is 3.45. The first-order chi connectivity index (χ1) is 11.9. The average Bonchev–Trinajstić information content (AvgIpc) is 3.10. The van der Waals surface area contributed by atoms with Gasteiger partial charge in [0.2, 0.25) is 5.91 Å². The fourth-order valence-electron chi connectivity index (χ4n) is 4.73. The van der Waals surface area contributed by atoms with Crippen LogP contribution in [0.5, 0.6) is 0 Å². The highest BCUT2D eigenvalue weighted by molar-refractivity contribution is 6.30. The lowest BCUT2D eigenvalue weighted by atomic mass is 9.78. The molecule has 134 valence electrons. The predicted octanol–water partition coefficient (Wildman–Crippen LogP) is 2.36. The van der Waals surface area contributed by atoms with Gasteiger partial charge in [-0.3, -0.25) is 4.79 Å². The van der Waals surface area contributed by atoms with Gasteiger partial charge in [-0.15, -0.1) is 0 Å². The number of nitrogens with one attached hydrogen (secondary N) is 1. The van der Waals surface area contributed by atoms with Crippen molar-refractivity contribution < 1.29 is 14.7 Å². The third-order valence-electron chi connectivity index (χ3n) is 5.60. The Morgan fingerprint density at radius 3 is 2.48 bits per heavy atom. The van der Waals surface area contributed by atoms with Crippen molar-refractivity contribution in [1.29, 1.82) is 0 Å². The Kier molecular flexibility index (Phi) is 5.19. The molecule has 0 radical (unpaired) electrons. The summed E-state index contributed by atoms with van der Waals surface area (Å²) in [4.78, 5) is 24.4. The van der Waals surface area contributed by atoms with Crippen LogP contribution >= 0.6 is 11.6 Å². The number of hydrogen-bond donors (Lipinski definition) is 1. The van der Waals surface area contributed by atoms with Crippen LogP contribution < -0.4 is 10.4 Å². The molecular formula is C20H23ClNO3-. The van der Waals surface area contributed by atoms with Crippen molar-refractivity contribution in [2.45, 2.75) is 33.1 Å². The number of amides is 1. The number of halogens is 1. The molecule has 2 aliphatic rings. The zero-order valence-corrected chi connectivity index (χ0v) is 15.3. The molecule has 0 spiro atoms. The molecule has 2 fully saturated rings. The molecule has 1 aromatic carbocycles. The van der Waals surface area contributed by atoms with Crippen molar-refractivity contribution in [3.05, 3.63) is 46.0 Å². The summed E-state index contributed by atoms with van der Waals surface area (Å²) >= 11 is 5.97. The molecular weight excluding hydrogens is 338 g/mol. The maximum absolute atomic E-state index is 12.7. The Hall–Kier alpha value is -1.81. The second kappa shape index (κ2) is 7.20. The minimum atomic E-state index is -1.10. The van der Waals surface area contributed by atoms with Gasteiger partial charge in [-0.2, -0.15) is 0 Å². The van der Waals surface area contributed by atoms with Crippen LogP contribution in [-0.2, 0) is 16.0 Å². The molecule has 1 N–H and O–H groups in total. The van der Waals surface area contributed by atoms with Crippen molar-refractivity contribution in [1.82, 2.24) is 5.32 Å². The number of carboxylic acids is 1. The molecule has 4 nitrogen and oxygen atoms in total. The number of carboxylic acid groups (broad SMARTS) is 1. The van der Waals surface area contributed by atoms with Gasteiger partial charge < -0.3 is 15.2 Å². The number of carbonyl (C=O) groups excluding carboxylic acids is 2. The van der Waals surface area contributed by atoms with Crippen molar-refractivity contribution >= 4 is 23.5 Å². The molecule has 0 unspecified atom stereocenters. The number of allylic oxidation sites excluding steroid dienone is 2. The standard InChI is InChI=1S/C20H24ClNO3/c1-11(2)16-14-6-7-15(16)18(20(24)25)17(14)19(23)22-9-8-12-4-3-5-13(21)10-12/h3-5,10,14-15,17-18H,6-9H2,1-2H3,(H,22,23)(H,24,25)/p-1/t14-,15-,17-,18+/m1/s1. The normalized spacial score (nSPS) is 27.4. The molecule has 3 rings (SSSR count). The monoisotopic (exact) mass is 360 g/mol. The van der Waals surface area contributed by atoms with E-state index in [-0.39, 0.29) is 17.7 Å². The van der Waals surface area contributed by atoms with Gasteiger partial charge in [-0.25, -0.2) is 0 Å². The summed E-state index contributed by atoms with van der Waals surface area (Å²) in [6, 6.07) is 7.52. The van der Waals surface area contributed by atoms with Gasteiger partial charge in [0, 0.05) is 23.5 Å². The van der Waals surface area contributed by atoms with Gasteiger partial charge in [0.25, 0.3) is 0 Å². The Bertz CT molecular complexity index is 723. The van der Waals surface area contributed by atoms with Gasteiger partial charge in [-0.05, 0) is 62.6 Å². The smallest absolute Gasteiger partial charge is 0.224 e. The first-order valence-corrected chi connectivity index (χ1v) is 9.18. The summed E-state index contributed by atoms with van der Waals surface area (Å²) in [6.07, 6.45) is 2.40. The van der Waals surface area contributed by atoms with Gasteiger partial charge in [0.05, 0.1) is 5.92 Å². The van der Waals surface area contributed by atoms with Crippen LogP contribution in [0.2, 0.25) is 5.02 Å². The minimum Gasteiger partial charge on any atom is -0.550 e. The van der Waals surface area contributed by atoms with Crippen LogP contribution in [0.1, 0.15) is 32.3 Å². The van der Waals surface area contributed by atoms with Gasteiger partial charge in [-0.1, -0.05) is 34.9 Å². The lowest BCUT2D eigenvalue weighted by Gasteiger charge is -2.30. The molecule has 1 amide bonds. The molecule has 25 heavy (non-hydrogen) atoms. The summed E-state index contributed by atoms with van der Waals surface area (Å²) in [7, 11) is 0. The number of fused-ring (bicyclic) bond motifs is 2. The lowest BCUT2D eigenvalue weighted by Crippen LogP contribution is -2.46. The van der Waals surface area contributed by atoms with Gasteiger partial charge in [0.1, 0.15) is 0 Å². The fraction of sp³-hybridized carbons (Fsp3) is 0.500. The molecule has 1 aromatic rings. The SMILES string of the molecule is CC(C)=C1[C@H]2CC[C@H]1[C@@H](C(=O)NCCc1cccc(Cl)c1)[C@H]2C(=O)[O-]. The highest BCUT2D eigenvalue weighted by Gasteiger charge is 2.54. The van der Waals surface area contributed by atoms with Crippen molar-refractivity contribution in [3.8, 4) is 0 Å². The molecule has 2 saturated carbocycles. The molecule has 0 heterocycles. The third-order valence-corrected chi connectivity index (χ3v) is 5.83. The Morgan fingerprint density at radius 1 is 1.20 bits per heavy atom. The van der Waals surface area contributed by atoms with E-state index in [1.807, 2.05) is 38.1 Å². The van der Waals surface area contributed by atoms with Crippen LogP contribution in [0.15, 0.2) is 35.4 Å². The summed E-state index contributed by atoms with van der Waals surface area (Å²) in [6.45, 7) is 4.48. The Labute approximate surface area is 153 Å². The molecule has 5 heteroatoms. The zero-order valence-electron chi connectivity index (χ0n) is 14.5. The van der Waals surface area contributed by atoms with E-state index in [0.29, 0.717) is 18.0 Å². The van der Waals surface area contributed by atoms with Crippen LogP contribution in [0, 0.1) is 23.7 Å². The molecule has 2 aliphatic carbocycles. The largest absolute Gasteiger partial charge is 0.550 e. The second-order valence-corrected chi connectivity index (χ2v) is 7.72. The van der Waals surface area contributed by atoms with Crippen molar-refractivity contribution in [3.63, 3.8) is 0 Å². The topological polar surface area (TPSA) is 69.2 Å². The number of hydrogen-bond acceptors (Lipinski definition) is 3. The van der Waals surface area contributed by atoms with Gasteiger partial charge in [0.15, 0.2) is 0 Å². The van der Waals surface area contributed by atoms with E-state index in [4.69, 9.17) is 11.6 Å². The van der Waals surface area contributed by atoms with E-state index < -0.39 is 17.8 Å². The van der Waals surface area contributed by atoms with E-state index in [0.717, 1.165) is 24.0 Å². The fourth-order valence-corrected chi connectivity index (χ4v) is 4.94. The summed E-state index contributed by atoms with van der Waals surface area (Å²) < 4.78 is 0. The van der Waals surface area contributed by atoms with Crippen LogP contribution in [0.25, 0.3) is 0 Å². The molecule has 4 atom stereocenters. The van der Waals surface area contributed by atoms with Crippen molar-refractivity contribution in [2.75, 3.05) is 6.54 Å². The maximum Gasteiger partial charge on any atom is 0.224 e. The van der Waals surface area contributed by atoms with E-state index in [9.17, 15) is 14.7 Å². The van der Waals surface area contributed by atoms with E-state index in [1.54, 1.807) is 0 Å². The minimum absolute atomic E-state index is 0.0383. The quantitative estimate of drug-likeness (QED) is 0.819. The zero-order chi connectivity index (χ0) is 18.1. The highest BCUT2D eigenvalue weighted by atomic mass is 35.5. The first kappa shape index (κ1) is 18.0. The number of carbonyl (C=O) groups is 2. The van der Waals surface area contributed by atoms with E-state index in [2.05, 4.69) is 5.32 Å². The predicted molar refractivity (Wildman–Crippen MR) is 94.7 cm³/mol. The lowest BCUT2D eigenvalue weighted by molar-refractivity contribution is -0.314. The second-order valence-electron chi connectivity index (χ2n) is 7.29. The van der Waals surface area contributed by atoms with Crippen molar-refractivity contribution in [2.24, 2.45) is 23.7 Å². The summed E-state index contributed by atoms with van der Waals surface area (Å²) in [5.41, 5.74) is 3.36. The molecule has 0 aliphatic heterocycles. The average molecular weight is 361 g/mol. The van der Waals surface area contributed by atoms with Gasteiger partial charge >= 0.3 is 0 Å². The van der Waals surface area contributed by atoms with Crippen LogP contribution in [-0.4, -0.2) is 18.4 Å². The van der Waals surface area contributed by atoms with E-state index >= 15 is 0 Å². The Morgan fingerprint density at radius 2 is 1.88 bits per heavy atom. The van der Waals surface area contributed by atoms with E-state index in [1.165, 1.54) is 5.57 Å². The summed E-state index contributed by atoms with van der Waals surface area (Å²) in [5, 5.41) is 15.3. The molecule has 0 aromatic heterocycles. The van der Waals surface area contributed by atoms with Crippen LogP contribution in [0.3, 0.4) is 0 Å². The number of aliphatic carboxylic acids is 1. The number of rotatable bonds is 5. The summed E-state index contributed by atoms with van der Waals surface area (Å²) in [5.74, 6) is -2.46. The molecule has 0 saturated heterocycles. The first-order valence-electron chi connectivity index (χ1n) is 8.80. The molecule has 2 bridgehead atoms. The highest BCUT2D eigenvalue weighted by Crippen LogP contribution is 2.56. The number of benzene rings is 1. The van der Waals surface area contributed by atoms with Crippen LogP contribution in [0.4, 0.5) is 0 Å². The maximum atomic E-state index is 12.7.